The average Bonchev–Trinajstić information content (AvgIpc) is 2.30. The summed E-state index contributed by atoms with van der Waals surface area (Å²) in [4.78, 5) is 11.5. The maximum Gasteiger partial charge on any atom is 0.220 e. The number of hydrogen-bond donors (Lipinski definition) is 2. The number of nitrogens with one attached hydrogen (secondary N) is 1. The first-order chi connectivity index (χ1) is 8.13. The molecule has 0 spiro atoms. The van der Waals surface area contributed by atoms with E-state index in [9.17, 15) is 4.79 Å². The molecule has 0 heterocycles. The molecule has 0 bridgehead atoms. The lowest BCUT2D eigenvalue weighted by Gasteiger charge is -2.14. The van der Waals surface area contributed by atoms with E-state index in [4.69, 9.17) is 16.7 Å². The van der Waals surface area contributed by atoms with Gasteiger partial charge in [0.2, 0.25) is 5.91 Å². The Morgan fingerprint density at radius 1 is 1.35 bits per heavy atom. The first-order valence-corrected chi connectivity index (χ1v) is 6.17. The Morgan fingerprint density at radius 3 is 2.59 bits per heavy atom. The molecule has 0 saturated carbocycles. The number of amides is 1. The molecule has 17 heavy (non-hydrogen) atoms. The molecule has 1 aromatic carbocycles. The maximum atomic E-state index is 11.5. The number of benzene rings is 1. The van der Waals surface area contributed by atoms with E-state index < -0.39 is 0 Å². The van der Waals surface area contributed by atoms with Gasteiger partial charge >= 0.3 is 0 Å². The van der Waals surface area contributed by atoms with E-state index >= 15 is 0 Å². The molecular weight excluding hydrogens is 238 g/mol. The second-order valence-electron chi connectivity index (χ2n) is 4.02. The molecule has 1 amide bonds. The van der Waals surface area contributed by atoms with Crippen molar-refractivity contribution in [3.63, 3.8) is 0 Å². The summed E-state index contributed by atoms with van der Waals surface area (Å²) in [6.45, 7) is 2.08. The van der Waals surface area contributed by atoms with Crippen molar-refractivity contribution >= 4 is 17.5 Å². The van der Waals surface area contributed by atoms with Crippen molar-refractivity contribution < 1.29 is 9.90 Å². The number of rotatable bonds is 6. The highest BCUT2D eigenvalue weighted by molar-refractivity contribution is 6.30. The van der Waals surface area contributed by atoms with Gasteiger partial charge in [-0.3, -0.25) is 4.79 Å². The molecule has 0 aliphatic heterocycles. The van der Waals surface area contributed by atoms with Crippen molar-refractivity contribution in [3.8, 4) is 0 Å². The van der Waals surface area contributed by atoms with Crippen LogP contribution in [0.2, 0.25) is 5.02 Å². The molecule has 1 atom stereocenters. The van der Waals surface area contributed by atoms with E-state index in [-0.39, 0.29) is 18.6 Å². The second-order valence-corrected chi connectivity index (χ2v) is 4.46. The Morgan fingerprint density at radius 2 is 2.00 bits per heavy atom. The summed E-state index contributed by atoms with van der Waals surface area (Å²) in [6.07, 6.45) is 1.84. The van der Waals surface area contributed by atoms with Crippen LogP contribution in [0.3, 0.4) is 0 Å². The molecule has 0 radical (unpaired) electrons. The van der Waals surface area contributed by atoms with Gasteiger partial charge in [0.15, 0.2) is 0 Å². The van der Waals surface area contributed by atoms with Crippen LogP contribution < -0.4 is 5.32 Å². The standard InChI is InChI=1S/C13H18ClNO2/c1-10(11-5-7-12(14)8-6-11)15-13(17)4-2-3-9-16/h5-8,10,16H,2-4,9H2,1H3,(H,15,17). The van der Waals surface area contributed by atoms with Crippen molar-refractivity contribution in [2.24, 2.45) is 0 Å². The quantitative estimate of drug-likeness (QED) is 0.768. The van der Waals surface area contributed by atoms with Crippen molar-refractivity contribution in [2.45, 2.75) is 32.2 Å². The summed E-state index contributed by atoms with van der Waals surface area (Å²) in [7, 11) is 0. The summed E-state index contributed by atoms with van der Waals surface area (Å²) in [5, 5.41) is 12.2. The van der Waals surface area contributed by atoms with Crippen LogP contribution in [0, 0.1) is 0 Å². The van der Waals surface area contributed by atoms with Gasteiger partial charge in [0.25, 0.3) is 0 Å². The summed E-state index contributed by atoms with van der Waals surface area (Å²) < 4.78 is 0. The van der Waals surface area contributed by atoms with Crippen LogP contribution in [0.4, 0.5) is 0 Å². The minimum Gasteiger partial charge on any atom is -0.396 e. The monoisotopic (exact) mass is 255 g/mol. The summed E-state index contributed by atoms with van der Waals surface area (Å²) in [5.74, 6) is 0.0147. The summed E-state index contributed by atoms with van der Waals surface area (Å²) in [6, 6.07) is 7.41. The van der Waals surface area contributed by atoms with Gasteiger partial charge < -0.3 is 10.4 Å². The van der Waals surface area contributed by atoms with Crippen molar-refractivity contribution in [1.82, 2.24) is 5.32 Å². The van der Waals surface area contributed by atoms with Crippen molar-refractivity contribution in [2.75, 3.05) is 6.61 Å². The smallest absolute Gasteiger partial charge is 0.220 e. The van der Waals surface area contributed by atoms with E-state index in [0.29, 0.717) is 17.9 Å². The second kappa shape index (κ2) is 7.30. The zero-order chi connectivity index (χ0) is 12.7. The molecule has 4 heteroatoms. The molecule has 0 aliphatic carbocycles. The lowest BCUT2D eigenvalue weighted by Crippen LogP contribution is -2.26. The predicted molar refractivity (Wildman–Crippen MR) is 68.9 cm³/mol. The highest BCUT2D eigenvalue weighted by Gasteiger charge is 2.08. The average molecular weight is 256 g/mol. The lowest BCUT2D eigenvalue weighted by atomic mass is 10.1. The van der Waals surface area contributed by atoms with Gasteiger partial charge in [0, 0.05) is 18.1 Å². The van der Waals surface area contributed by atoms with Gasteiger partial charge in [-0.25, -0.2) is 0 Å². The van der Waals surface area contributed by atoms with E-state index in [0.717, 1.165) is 12.0 Å². The lowest BCUT2D eigenvalue weighted by molar-refractivity contribution is -0.121. The number of halogens is 1. The van der Waals surface area contributed by atoms with E-state index in [1.165, 1.54) is 0 Å². The Balaban J connectivity index is 2.40. The van der Waals surface area contributed by atoms with Gasteiger partial charge in [0.1, 0.15) is 0 Å². The Hall–Kier alpha value is -1.06. The minimum atomic E-state index is -0.0195. The maximum absolute atomic E-state index is 11.5. The topological polar surface area (TPSA) is 49.3 Å². The molecule has 0 aromatic heterocycles. The van der Waals surface area contributed by atoms with Crippen LogP contribution in [-0.2, 0) is 4.79 Å². The number of hydrogen-bond acceptors (Lipinski definition) is 2. The summed E-state index contributed by atoms with van der Waals surface area (Å²) >= 11 is 5.80. The Bertz CT molecular complexity index is 351. The summed E-state index contributed by atoms with van der Waals surface area (Å²) in [5.41, 5.74) is 1.03. The third-order valence-electron chi connectivity index (χ3n) is 2.56. The zero-order valence-corrected chi connectivity index (χ0v) is 10.7. The third kappa shape index (κ3) is 5.20. The fourth-order valence-electron chi connectivity index (χ4n) is 1.55. The largest absolute Gasteiger partial charge is 0.396 e. The molecular formula is C13H18ClNO2. The van der Waals surface area contributed by atoms with Crippen LogP contribution in [-0.4, -0.2) is 17.6 Å². The van der Waals surface area contributed by atoms with Gasteiger partial charge in [-0.1, -0.05) is 23.7 Å². The SMILES string of the molecule is CC(NC(=O)CCCCO)c1ccc(Cl)cc1. The van der Waals surface area contributed by atoms with Crippen LogP contribution in [0.1, 0.15) is 37.8 Å². The van der Waals surface area contributed by atoms with Crippen molar-refractivity contribution in [1.29, 1.82) is 0 Å². The first-order valence-electron chi connectivity index (χ1n) is 5.79. The Kier molecular flexibility index (Phi) is 6.01. The highest BCUT2D eigenvalue weighted by atomic mass is 35.5. The van der Waals surface area contributed by atoms with E-state index in [2.05, 4.69) is 5.32 Å². The molecule has 1 rings (SSSR count). The molecule has 0 saturated heterocycles. The molecule has 94 valence electrons. The van der Waals surface area contributed by atoms with Crippen LogP contribution >= 0.6 is 11.6 Å². The minimum absolute atomic E-state index is 0.0147. The zero-order valence-electron chi connectivity index (χ0n) is 9.95. The number of carbonyl (C=O) groups is 1. The first kappa shape index (κ1) is 14.0. The van der Waals surface area contributed by atoms with Crippen LogP contribution in [0.15, 0.2) is 24.3 Å². The van der Waals surface area contributed by atoms with Crippen LogP contribution in [0.5, 0.6) is 0 Å². The molecule has 1 unspecified atom stereocenters. The van der Waals surface area contributed by atoms with Gasteiger partial charge in [-0.15, -0.1) is 0 Å². The highest BCUT2D eigenvalue weighted by Crippen LogP contribution is 2.16. The molecule has 3 nitrogen and oxygen atoms in total. The third-order valence-corrected chi connectivity index (χ3v) is 2.81. The number of aliphatic hydroxyl groups excluding tert-OH is 1. The number of carbonyl (C=O) groups excluding carboxylic acids is 1. The fraction of sp³-hybridized carbons (Fsp3) is 0.462. The van der Waals surface area contributed by atoms with Gasteiger partial charge in [0.05, 0.1) is 6.04 Å². The molecule has 0 aliphatic rings. The van der Waals surface area contributed by atoms with Crippen LogP contribution in [0.25, 0.3) is 0 Å². The van der Waals surface area contributed by atoms with Crippen molar-refractivity contribution in [3.05, 3.63) is 34.9 Å². The van der Waals surface area contributed by atoms with E-state index in [1.807, 2.05) is 31.2 Å². The van der Waals surface area contributed by atoms with Gasteiger partial charge in [-0.2, -0.15) is 0 Å². The fourth-order valence-corrected chi connectivity index (χ4v) is 1.67. The van der Waals surface area contributed by atoms with Gasteiger partial charge in [-0.05, 0) is 37.5 Å². The molecule has 2 N–H and O–H groups in total. The van der Waals surface area contributed by atoms with E-state index in [1.54, 1.807) is 0 Å². The Labute approximate surface area is 107 Å². The molecule has 1 aromatic rings. The number of unbranched alkanes of at least 4 members (excludes halogenated alkanes) is 1. The predicted octanol–water partition coefficient (Wildman–Crippen LogP) is 2.68. The normalized spacial score (nSPS) is 12.2. The molecule has 0 fully saturated rings. The number of aliphatic hydroxyl groups is 1.